The van der Waals surface area contributed by atoms with Gasteiger partial charge in [-0.15, -0.1) is 0 Å². The van der Waals surface area contributed by atoms with E-state index >= 15 is 0 Å². The van der Waals surface area contributed by atoms with Gasteiger partial charge in [-0.25, -0.2) is 4.68 Å². The molecule has 0 spiro atoms. The molecule has 0 radical (unpaired) electrons. The molecule has 2 atom stereocenters. The van der Waals surface area contributed by atoms with E-state index in [0.717, 1.165) is 40.2 Å². The molecule has 0 aliphatic carbocycles. The molecule has 4 rings (SSSR count). The molecule has 7 nitrogen and oxygen atoms in total. The van der Waals surface area contributed by atoms with Gasteiger partial charge < -0.3 is 15.0 Å². The summed E-state index contributed by atoms with van der Waals surface area (Å²) in [5, 5.41) is 8.84. The summed E-state index contributed by atoms with van der Waals surface area (Å²) in [5.41, 5.74) is 3.07. The minimum absolute atomic E-state index is 0.149. The molecule has 1 aliphatic heterocycles. The van der Waals surface area contributed by atoms with E-state index in [-0.39, 0.29) is 12.2 Å². The number of aryl methyl sites for hydroxylation is 1. The number of anilines is 3. The maximum Gasteiger partial charge on any atom is 0.229 e. The van der Waals surface area contributed by atoms with Crippen molar-refractivity contribution in [1.29, 1.82) is 0 Å². The molecular formula is C19H23IN6O. The molecule has 0 amide bonds. The summed E-state index contributed by atoms with van der Waals surface area (Å²) >= 11 is 2.30. The quantitative estimate of drug-likeness (QED) is 0.454. The van der Waals surface area contributed by atoms with Gasteiger partial charge in [0, 0.05) is 18.8 Å². The van der Waals surface area contributed by atoms with E-state index < -0.39 is 0 Å². The maximum absolute atomic E-state index is 5.86. The maximum atomic E-state index is 5.86. The van der Waals surface area contributed by atoms with Crippen molar-refractivity contribution in [3.05, 3.63) is 36.0 Å². The van der Waals surface area contributed by atoms with Gasteiger partial charge in [-0.2, -0.15) is 15.1 Å². The predicted molar refractivity (Wildman–Crippen MR) is 116 cm³/mol. The SMILES string of the molecule is Cc1ccc(Nc2nc(N3CC(C)OC(C)C3)nc3c2cnn3CI)cc1. The molecule has 1 aromatic carbocycles. The predicted octanol–water partition coefficient (Wildman–Crippen LogP) is 3.88. The molecular weight excluding hydrogens is 455 g/mol. The third kappa shape index (κ3) is 3.86. The van der Waals surface area contributed by atoms with Gasteiger partial charge in [0.15, 0.2) is 5.65 Å². The first-order chi connectivity index (χ1) is 13.0. The molecule has 27 heavy (non-hydrogen) atoms. The summed E-state index contributed by atoms with van der Waals surface area (Å²) in [4.78, 5) is 11.9. The normalized spacial score (nSPS) is 20.2. The van der Waals surface area contributed by atoms with Crippen LogP contribution in [0, 0.1) is 6.92 Å². The molecule has 3 heterocycles. The first-order valence-corrected chi connectivity index (χ1v) is 10.6. The van der Waals surface area contributed by atoms with Crippen LogP contribution in [-0.2, 0) is 9.29 Å². The van der Waals surface area contributed by atoms with E-state index in [2.05, 4.69) is 82.9 Å². The highest BCUT2D eigenvalue weighted by Gasteiger charge is 2.25. The van der Waals surface area contributed by atoms with Crippen LogP contribution in [0.5, 0.6) is 0 Å². The average Bonchev–Trinajstić information content (AvgIpc) is 3.06. The number of nitrogens with one attached hydrogen (secondary N) is 1. The molecule has 8 heteroatoms. The van der Waals surface area contributed by atoms with Crippen molar-refractivity contribution in [3.8, 4) is 0 Å². The van der Waals surface area contributed by atoms with Crippen LogP contribution in [0.2, 0.25) is 0 Å². The number of alkyl halides is 1. The third-order valence-corrected chi connectivity index (χ3v) is 5.26. The lowest BCUT2D eigenvalue weighted by atomic mass is 10.2. The summed E-state index contributed by atoms with van der Waals surface area (Å²) in [6.07, 6.45) is 2.13. The van der Waals surface area contributed by atoms with Crippen LogP contribution in [0.1, 0.15) is 19.4 Å². The lowest BCUT2D eigenvalue weighted by molar-refractivity contribution is -0.00569. The van der Waals surface area contributed by atoms with E-state index in [1.54, 1.807) is 0 Å². The van der Waals surface area contributed by atoms with Crippen LogP contribution in [0.4, 0.5) is 17.5 Å². The number of aromatic nitrogens is 4. The second-order valence-corrected chi connectivity index (χ2v) is 7.71. The summed E-state index contributed by atoms with van der Waals surface area (Å²) in [7, 11) is 0. The van der Waals surface area contributed by atoms with Crippen LogP contribution < -0.4 is 10.2 Å². The van der Waals surface area contributed by atoms with Crippen LogP contribution in [0.25, 0.3) is 11.0 Å². The van der Waals surface area contributed by atoms with E-state index in [1.807, 2.05) is 10.9 Å². The molecule has 3 aromatic rings. The Balaban J connectivity index is 1.77. The molecule has 2 aromatic heterocycles. The van der Waals surface area contributed by atoms with Gasteiger partial charge in [0.25, 0.3) is 0 Å². The number of ether oxygens (including phenoxy) is 1. The Morgan fingerprint density at radius 1 is 1.15 bits per heavy atom. The fourth-order valence-corrected chi connectivity index (χ4v) is 3.88. The van der Waals surface area contributed by atoms with Gasteiger partial charge in [0.2, 0.25) is 5.95 Å². The van der Waals surface area contributed by atoms with Crippen molar-refractivity contribution in [3.63, 3.8) is 0 Å². The zero-order chi connectivity index (χ0) is 19.0. The van der Waals surface area contributed by atoms with Crippen molar-refractivity contribution in [1.82, 2.24) is 19.7 Å². The second-order valence-electron chi connectivity index (χ2n) is 7.03. The van der Waals surface area contributed by atoms with Gasteiger partial charge in [0.05, 0.1) is 28.3 Å². The fraction of sp³-hybridized carbons (Fsp3) is 0.421. The standard InChI is InChI=1S/C19H23IN6O/c1-12-4-6-15(7-5-12)22-17-16-8-21-26(11-20)18(16)24-19(23-17)25-9-13(2)27-14(3)10-25/h4-8,13-14H,9-11H2,1-3H3,(H,22,23,24). The molecule has 0 bridgehead atoms. The number of morpholine rings is 1. The summed E-state index contributed by atoms with van der Waals surface area (Å²) < 4.78 is 8.49. The second kappa shape index (κ2) is 7.59. The number of halogens is 1. The highest BCUT2D eigenvalue weighted by Crippen LogP contribution is 2.28. The summed E-state index contributed by atoms with van der Waals surface area (Å²) in [6.45, 7) is 7.80. The summed E-state index contributed by atoms with van der Waals surface area (Å²) in [6, 6.07) is 8.29. The van der Waals surface area contributed by atoms with Crippen LogP contribution >= 0.6 is 22.6 Å². The van der Waals surface area contributed by atoms with Crippen molar-refractivity contribution in [2.24, 2.45) is 0 Å². The first-order valence-electron chi connectivity index (χ1n) is 9.07. The fourth-order valence-electron chi connectivity index (χ4n) is 3.38. The van der Waals surface area contributed by atoms with Gasteiger partial charge >= 0.3 is 0 Å². The molecule has 0 saturated carbocycles. The topological polar surface area (TPSA) is 68.1 Å². The Morgan fingerprint density at radius 3 is 2.52 bits per heavy atom. The zero-order valence-electron chi connectivity index (χ0n) is 15.7. The van der Waals surface area contributed by atoms with Gasteiger partial charge in [-0.3, -0.25) is 0 Å². The minimum Gasteiger partial charge on any atom is -0.372 e. The number of rotatable bonds is 4. The molecule has 1 saturated heterocycles. The first kappa shape index (κ1) is 18.4. The molecule has 1 fully saturated rings. The lowest BCUT2D eigenvalue weighted by Crippen LogP contribution is -2.46. The average molecular weight is 478 g/mol. The Bertz CT molecular complexity index is 931. The number of hydrogen-bond donors (Lipinski definition) is 1. The molecule has 1 N–H and O–H groups in total. The monoisotopic (exact) mass is 478 g/mol. The van der Waals surface area contributed by atoms with E-state index in [4.69, 9.17) is 14.7 Å². The Morgan fingerprint density at radius 2 is 1.85 bits per heavy atom. The van der Waals surface area contributed by atoms with E-state index in [9.17, 15) is 0 Å². The smallest absolute Gasteiger partial charge is 0.229 e. The number of nitrogens with zero attached hydrogens (tertiary/aromatic N) is 5. The molecule has 2 unspecified atom stereocenters. The number of hydrogen-bond acceptors (Lipinski definition) is 6. The third-order valence-electron chi connectivity index (χ3n) is 4.61. The highest BCUT2D eigenvalue weighted by molar-refractivity contribution is 14.1. The van der Waals surface area contributed by atoms with Gasteiger partial charge in [0.1, 0.15) is 5.82 Å². The van der Waals surface area contributed by atoms with Crippen molar-refractivity contribution < 1.29 is 4.74 Å². The minimum atomic E-state index is 0.149. The summed E-state index contributed by atoms with van der Waals surface area (Å²) in [5.74, 6) is 1.49. The lowest BCUT2D eigenvalue weighted by Gasteiger charge is -2.35. The Kier molecular flexibility index (Phi) is 5.18. The zero-order valence-corrected chi connectivity index (χ0v) is 17.8. The van der Waals surface area contributed by atoms with Crippen molar-refractivity contribution in [2.45, 2.75) is 37.5 Å². The van der Waals surface area contributed by atoms with Crippen molar-refractivity contribution in [2.75, 3.05) is 23.3 Å². The largest absolute Gasteiger partial charge is 0.372 e. The van der Waals surface area contributed by atoms with Crippen LogP contribution in [0.3, 0.4) is 0 Å². The number of fused-ring (bicyclic) bond motifs is 1. The Hall–Kier alpha value is -1.94. The molecule has 142 valence electrons. The van der Waals surface area contributed by atoms with Crippen molar-refractivity contribution >= 4 is 51.1 Å². The van der Waals surface area contributed by atoms with Gasteiger partial charge in [-0.1, -0.05) is 40.3 Å². The van der Waals surface area contributed by atoms with E-state index in [0.29, 0.717) is 5.95 Å². The molecule has 1 aliphatic rings. The van der Waals surface area contributed by atoms with Gasteiger partial charge in [-0.05, 0) is 32.9 Å². The number of benzene rings is 1. The van der Waals surface area contributed by atoms with Crippen LogP contribution in [-0.4, -0.2) is 45.0 Å². The Labute approximate surface area is 172 Å². The van der Waals surface area contributed by atoms with E-state index in [1.165, 1.54) is 5.56 Å². The van der Waals surface area contributed by atoms with Crippen LogP contribution in [0.15, 0.2) is 30.5 Å². The highest BCUT2D eigenvalue weighted by atomic mass is 127.